The highest BCUT2D eigenvalue weighted by Crippen LogP contribution is 2.46. The van der Waals surface area contributed by atoms with Crippen molar-refractivity contribution >= 4 is 0 Å². The minimum absolute atomic E-state index is 0.134. The van der Waals surface area contributed by atoms with E-state index in [1.807, 2.05) is 0 Å². The molecule has 1 heteroatoms. The van der Waals surface area contributed by atoms with Gasteiger partial charge >= 0.3 is 0 Å². The molecule has 0 bridgehead atoms. The van der Waals surface area contributed by atoms with Gasteiger partial charge in [-0.05, 0) is 69.1 Å². The van der Waals surface area contributed by atoms with E-state index < -0.39 is 0 Å². The Kier molecular flexibility index (Phi) is 10.2. The first kappa shape index (κ1) is 23.5. The van der Waals surface area contributed by atoms with Crippen molar-refractivity contribution < 1.29 is 4.74 Å². The van der Waals surface area contributed by atoms with Crippen LogP contribution in [-0.4, -0.2) is 11.7 Å². The number of ether oxygens (including phenoxy) is 1. The molecule has 0 saturated carbocycles. The predicted octanol–water partition coefficient (Wildman–Crippen LogP) is 7.96. The molecule has 26 heavy (non-hydrogen) atoms. The van der Waals surface area contributed by atoms with E-state index in [0.29, 0.717) is 17.9 Å². The fourth-order valence-electron chi connectivity index (χ4n) is 3.94. The van der Waals surface area contributed by atoms with Crippen molar-refractivity contribution in [2.24, 2.45) is 23.7 Å². The Morgan fingerprint density at radius 2 is 1.62 bits per heavy atom. The van der Waals surface area contributed by atoms with Gasteiger partial charge in [0, 0.05) is 0 Å². The number of epoxide rings is 1. The van der Waals surface area contributed by atoms with Crippen molar-refractivity contribution in [2.45, 2.75) is 111 Å². The highest BCUT2D eigenvalue weighted by atomic mass is 16.6. The van der Waals surface area contributed by atoms with Crippen LogP contribution in [0.4, 0.5) is 0 Å². The van der Waals surface area contributed by atoms with Crippen LogP contribution in [0.5, 0.6) is 0 Å². The Labute approximate surface area is 164 Å². The van der Waals surface area contributed by atoms with Crippen LogP contribution in [0.2, 0.25) is 0 Å². The Hall–Kier alpha value is -0.560. The molecule has 0 aromatic rings. The molecule has 4 atom stereocenters. The second kappa shape index (κ2) is 11.3. The number of hydrogen-bond donors (Lipinski definition) is 0. The van der Waals surface area contributed by atoms with Crippen LogP contribution >= 0.6 is 0 Å². The molecule has 152 valence electrons. The first-order valence-electron chi connectivity index (χ1n) is 11.2. The molecule has 1 rings (SSSR count). The fourth-order valence-corrected chi connectivity index (χ4v) is 3.94. The topological polar surface area (TPSA) is 12.5 Å². The molecule has 1 aliphatic rings. The summed E-state index contributed by atoms with van der Waals surface area (Å²) in [6, 6.07) is 0. The first-order valence-corrected chi connectivity index (χ1v) is 11.2. The number of rotatable bonds is 15. The van der Waals surface area contributed by atoms with Gasteiger partial charge in [0.1, 0.15) is 0 Å². The molecule has 1 nitrogen and oxygen atoms in total. The van der Waals surface area contributed by atoms with E-state index in [9.17, 15) is 0 Å². The van der Waals surface area contributed by atoms with Crippen molar-refractivity contribution in [1.82, 2.24) is 0 Å². The molecule has 0 aliphatic carbocycles. The molecule has 0 amide bonds. The average Bonchev–Trinajstić information content (AvgIpc) is 3.19. The van der Waals surface area contributed by atoms with Crippen LogP contribution in [0.25, 0.3) is 0 Å². The van der Waals surface area contributed by atoms with Gasteiger partial charge in [-0.15, -0.1) is 6.58 Å². The normalized spacial score (nSPS) is 24.7. The summed E-state index contributed by atoms with van der Waals surface area (Å²) in [6.45, 7) is 22.3. The lowest BCUT2D eigenvalue weighted by Gasteiger charge is -2.21. The third-order valence-electron chi connectivity index (χ3n) is 6.22. The van der Waals surface area contributed by atoms with Gasteiger partial charge in [0.05, 0.1) is 11.7 Å². The molecule has 1 fully saturated rings. The van der Waals surface area contributed by atoms with Crippen LogP contribution < -0.4 is 0 Å². The van der Waals surface area contributed by atoms with E-state index in [-0.39, 0.29) is 5.60 Å². The monoisotopic (exact) mass is 362 g/mol. The van der Waals surface area contributed by atoms with Crippen molar-refractivity contribution in [2.75, 3.05) is 0 Å². The number of hydrogen-bond acceptors (Lipinski definition) is 1. The second-order valence-corrected chi connectivity index (χ2v) is 9.87. The van der Waals surface area contributed by atoms with E-state index in [4.69, 9.17) is 4.74 Å². The zero-order valence-corrected chi connectivity index (χ0v) is 18.7. The minimum Gasteiger partial charge on any atom is -0.366 e. The van der Waals surface area contributed by atoms with Gasteiger partial charge in [-0.3, -0.25) is 0 Å². The van der Waals surface area contributed by atoms with Gasteiger partial charge in [0.2, 0.25) is 0 Å². The van der Waals surface area contributed by atoms with Gasteiger partial charge in [-0.1, -0.05) is 72.1 Å². The largest absolute Gasteiger partial charge is 0.366 e. The summed E-state index contributed by atoms with van der Waals surface area (Å²) in [5.41, 5.74) is 1.59. The van der Waals surface area contributed by atoms with Crippen molar-refractivity contribution in [3.63, 3.8) is 0 Å². The summed E-state index contributed by atoms with van der Waals surface area (Å²) in [5, 5.41) is 0. The third-order valence-corrected chi connectivity index (χ3v) is 6.22. The second-order valence-electron chi connectivity index (χ2n) is 9.87. The molecular weight excluding hydrogens is 316 g/mol. The van der Waals surface area contributed by atoms with E-state index in [0.717, 1.165) is 11.8 Å². The predicted molar refractivity (Wildman–Crippen MR) is 116 cm³/mol. The molecule has 0 N–H and O–H groups in total. The van der Waals surface area contributed by atoms with E-state index >= 15 is 0 Å². The van der Waals surface area contributed by atoms with Crippen LogP contribution in [0, 0.1) is 23.7 Å². The molecule has 4 unspecified atom stereocenters. The molecule has 0 radical (unpaired) electrons. The summed E-state index contributed by atoms with van der Waals surface area (Å²) in [6.07, 6.45) is 13.7. The van der Waals surface area contributed by atoms with Crippen LogP contribution in [0.15, 0.2) is 24.8 Å². The van der Waals surface area contributed by atoms with Crippen molar-refractivity contribution in [3.05, 3.63) is 24.8 Å². The molecule has 0 spiro atoms. The first-order chi connectivity index (χ1) is 12.2. The number of allylic oxidation sites excluding steroid dienone is 2. The zero-order valence-electron chi connectivity index (χ0n) is 18.7. The molecular formula is C25H46O. The Balaban J connectivity index is 2.51. The summed E-state index contributed by atoms with van der Waals surface area (Å²) >= 11 is 0. The summed E-state index contributed by atoms with van der Waals surface area (Å²) in [5.74, 6) is 2.79. The van der Waals surface area contributed by atoms with E-state index in [1.165, 1.54) is 63.4 Å². The van der Waals surface area contributed by atoms with Gasteiger partial charge in [0.25, 0.3) is 0 Å². The standard InChI is InChI=1S/C25H46O/c1-9-21(6)15-16-23(22(7)14-10-12-19(2)3)18-24-25(8,26-24)17-11-13-20(4)5/h9,19-21,23-24H,1,7,10-18H2,2-6,8H3. The molecule has 1 heterocycles. The molecule has 1 saturated heterocycles. The fraction of sp³-hybridized carbons (Fsp3) is 0.840. The van der Waals surface area contributed by atoms with Crippen LogP contribution in [-0.2, 0) is 4.74 Å². The highest BCUT2D eigenvalue weighted by Gasteiger charge is 2.51. The average molecular weight is 363 g/mol. The quantitative estimate of drug-likeness (QED) is 0.212. The van der Waals surface area contributed by atoms with E-state index in [1.54, 1.807) is 0 Å². The molecule has 0 aromatic heterocycles. The third kappa shape index (κ3) is 8.89. The lowest BCUT2D eigenvalue weighted by atomic mass is 9.83. The zero-order chi connectivity index (χ0) is 19.7. The Morgan fingerprint density at radius 3 is 2.19 bits per heavy atom. The summed E-state index contributed by atoms with van der Waals surface area (Å²) in [4.78, 5) is 0. The Morgan fingerprint density at radius 1 is 1.00 bits per heavy atom. The SMILES string of the molecule is C=CC(C)CCC(CC1OC1(C)CCCC(C)C)C(=C)CCCC(C)C. The van der Waals surface area contributed by atoms with Gasteiger partial charge in [-0.2, -0.15) is 0 Å². The highest BCUT2D eigenvalue weighted by molar-refractivity contribution is 5.07. The van der Waals surface area contributed by atoms with Crippen molar-refractivity contribution in [1.29, 1.82) is 0 Å². The van der Waals surface area contributed by atoms with E-state index in [2.05, 4.69) is 60.8 Å². The van der Waals surface area contributed by atoms with Crippen LogP contribution in [0.1, 0.15) is 99.3 Å². The maximum absolute atomic E-state index is 6.18. The van der Waals surface area contributed by atoms with Gasteiger partial charge < -0.3 is 4.74 Å². The summed E-state index contributed by atoms with van der Waals surface area (Å²) in [7, 11) is 0. The maximum atomic E-state index is 6.18. The van der Waals surface area contributed by atoms with Gasteiger partial charge in [0.15, 0.2) is 0 Å². The van der Waals surface area contributed by atoms with Gasteiger partial charge in [-0.25, -0.2) is 0 Å². The van der Waals surface area contributed by atoms with Crippen LogP contribution in [0.3, 0.4) is 0 Å². The maximum Gasteiger partial charge on any atom is 0.0920 e. The lowest BCUT2D eigenvalue weighted by molar-refractivity contribution is 0.279. The minimum atomic E-state index is 0.134. The lowest BCUT2D eigenvalue weighted by Crippen LogP contribution is -2.15. The Bertz CT molecular complexity index is 422. The smallest absolute Gasteiger partial charge is 0.0920 e. The van der Waals surface area contributed by atoms with Crippen molar-refractivity contribution in [3.8, 4) is 0 Å². The summed E-state index contributed by atoms with van der Waals surface area (Å²) < 4.78 is 6.18. The molecule has 0 aromatic carbocycles. The molecule has 1 aliphatic heterocycles.